The predicted octanol–water partition coefficient (Wildman–Crippen LogP) is 5.07. The van der Waals surface area contributed by atoms with Gasteiger partial charge in [-0.1, -0.05) is 38.1 Å². The lowest BCUT2D eigenvalue weighted by molar-refractivity contribution is -0.192. The highest BCUT2D eigenvalue weighted by atomic mass is 19.1. The van der Waals surface area contributed by atoms with E-state index in [-0.39, 0.29) is 66.3 Å². The first kappa shape index (κ1) is 31.2. The summed E-state index contributed by atoms with van der Waals surface area (Å²) in [7, 11) is 0. The number of carbonyl (C=O) groups excluding carboxylic acids is 3. The Bertz CT molecular complexity index is 1290. The van der Waals surface area contributed by atoms with E-state index in [2.05, 4.69) is 30.2 Å². The predicted molar refractivity (Wildman–Crippen MR) is 161 cm³/mol. The first-order valence-corrected chi connectivity index (χ1v) is 15.5. The number of rotatable bonds is 8. The van der Waals surface area contributed by atoms with Gasteiger partial charge in [-0.2, -0.15) is 0 Å². The number of benzene rings is 1. The average molecular weight is 597 g/mol. The second kappa shape index (κ2) is 12.4. The van der Waals surface area contributed by atoms with E-state index in [4.69, 9.17) is 14.2 Å². The highest BCUT2D eigenvalue weighted by Gasteiger charge is 2.60. The van der Waals surface area contributed by atoms with Gasteiger partial charge in [-0.3, -0.25) is 14.5 Å². The number of ether oxygens (including phenoxy) is 3. The molecule has 6 atom stereocenters. The third kappa shape index (κ3) is 6.10. The number of halogens is 1. The summed E-state index contributed by atoms with van der Waals surface area (Å²) >= 11 is 0. The van der Waals surface area contributed by atoms with Crippen molar-refractivity contribution < 1.29 is 33.0 Å². The standard InChI is InChI=1S/C34H45FN2O6/c1-22-10-11-30-33(4,14-12-31(43-24(3)39)34(30,5)21-42-23(2)38)26(22)20-29(25-13-19-41-32(25)40)37-17-15-36(16-18-37)28-9-7-6-8-27(28)35/h6-9,13,26,29-31H,1,10-12,14-21H2,2-5H3/t26-,29-,30-,31+,33+,34-/m0/s1. The molecule has 3 fully saturated rings. The Morgan fingerprint density at radius 3 is 2.47 bits per heavy atom. The van der Waals surface area contributed by atoms with Crippen LogP contribution in [0, 0.1) is 28.5 Å². The lowest BCUT2D eigenvalue weighted by Crippen LogP contribution is -2.59. The number of fused-ring (bicyclic) bond motifs is 1. The number of cyclic esters (lactones) is 1. The maximum Gasteiger partial charge on any atom is 0.335 e. The van der Waals surface area contributed by atoms with E-state index in [9.17, 15) is 18.8 Å². The molecule has 5 rings (SSSR count). The van der Waals surface area contributed by atoms with Crippen molar-refractivity contribution in [1.29, 1.82) is 0 Å². The summed E-state index contributed by atoms with van der Waals surface area (Å²) in [4.78, 5) is 41.4. The van der Waals surface area contributed by atoms with Gasteiger partial charge in [0.15, 0.2) is 0 Å². The van der Waals surface area contributed by atoms with E-state index in [1.165, 1.54) is 25.5 Å². The minimum Gasteiger partial charge on any atom is -0.465 e. The number of esters is 3. The number of piperazine rings is 1. The van der Waals surface area contributed by atoms with E-state index in [1.54, 1.807) is 6.07 Å². The van der Waals surface area contributed by atoms with Crippen molar-refractivity contribution in [1.82, 2.24) is 4.90 Å². The van der Waals surface area contributed by atoms with E-state index in [0.29, 0.717) is 50.3 Å². The maximum absolute atomic E-state index is 14.5. The maximum atomic E-state index is 14.5. The fourth-order valence-corrected chi connectivity index (χ4v) is 8.58. The largest absolute Gasteiger partial charge is 0.465 e. The normalized spacial score (nSPS) is 32.0. The molecule has 1 aromatic carbocycles. The second-order valence-corrected chi connectivity index (χ2v) is 13.2. The van der Waals surface area contributed by atoms with Crippen molar-refractivity contribution in [2.24, 2.45) is 22.7 Å². The molecule has 2 aliphatic carbocycles. The van der Waals surface area contributed by atoms with Gasteiger partial charge in [-0.15, -0.1) is 0 Å². The highest BCUT2D eigenvalue weighted by molar-refractivity contribution is 5.91. The van der Waals surface area contributed by atoms with Crippen LogP contribution in [0.4, 0.5) is 10.1 Å². The molecule has 0 bridgehead atoms. The molecule has 1 aromatic rings. The quantitative estimate of drug-likeness (QED) is 0.234. The van der Waals surface area contributed by atoms with Crippen molar-refractivity contribution in [3.05, 3.63) is 53.9 Å². The zero-order chi connectivity index (χ0) is 30.9. The monoisotopic (exact) mass is 596 g/mol. The molecular formula is C34H45FN2O6. The Hall–Kier alpha value is -3.20. The van der Waals surface area contributed by atoms with E-state index in [0.717, 1.165) is 19.3 Å². The molecule has 0 amide bonds. The fraction of sp³-hybridized carbons (Fsp3) is 0.618. The number of carbonyl (C=O) groups is 3. The van der Waals surface area contributed by atoms with Crippen LogP contribution in [0.1, 0.15) is 59.8 Å². The zero-order valence-electron chi connectivity index (χ0n) is 25.9. The van der Waals surface area contributed by atoms with Gasteiger partial charge < -0.3 is 19.1 Å². The van der Waals surface area contributed by atoms with Crippen molar-refractivity contribution in [2.75, 3.05) is 44.3 Å². The molecule has 0 unspecified atom stereocenters. The molecule has 0 N–H and O–H groups in total. The molecule has 8 nitrogen and oxygen atoms in total. The molecule has 4 aliphatic rings. The molecule has 9 heteroatoms. The molecule has 1 saturated heterocycles. The molecule has 0 aromatic heterocycles. The Labute approximate surface area is 254 Å². The van der Waals surface area contributed by atoms with Crippen LogP contribution in [0.3, 0.4) is 0 Å². The van der Waals surface area contributed by atoms with Gasteiger partial charge in [0.1, 0.15) is 25.1 Å². The van der Waals surface area contributed by atoms with Gasteiger partial charge in [0.05, 0.1) is 11.3 Å². The molecule has 43 heavy (non-hydrogen) atoms. The van der Waals surface area contributed by atoms with Crippen molar-refractivity contribution >= 4 is 23.6 Å². The number of hydrogen-bond acceptors (Lipinski definition) is 8. The Morgan fingerprint density at radius 1 is 1.12 bits per heavy atom. The van der Waals surface area contributed by atoms with Gasteiger partial charge in [-0.05, 0) is 67.6 Å². The second-order valence-electron chi connectivity index (χ2n) is 13.2. The van der Waals surface area contributed by atoms with Gasteiger partial charge in [0.2, 0.25) is 0 Å². The van der Waals surface area contributed by atoms with Crippen LogP contribution in [0.2, 0.25) is 0 Å². The number of hydrogen-bond donors (Lipinski definition) is 0. The van der Waals surface area contributed by atoms with Crippen LogP contribution in [-0.2, 0) is 28.6 Å². The Kier molecular flexibility index (Phi) is 9.02. The van der Waals surface area contributed by atoms with Gasteiger partial charge in [0.25, 0.3) is 0 Å². The highest BCUT2D eigenvalue weighted by Crippen LogP contribution is 2.63. The minimum atomic E-state index is -0.560. The van der Waals surface area contributed by atoms with Crippen molar-refractivity contribution in [3.63, 3.8) is 0 Å². The topological polar surface area (TPSA) is 85.4 Å². The van der Waals surface area contributed by atoms with E-state index >= 15 is 0 Å². The smallest absolute Gasteiger partial charge is 0.335 e. The van der Waals surface area contributed by atoms with Crippen LogP contribution >= 0.6 is 0 Å². The van der Waals surface area contributed by atoms with E-state index in [1.807, 2.05) is 18.2 Å². The summed E-state index contributed by atoms with van der Waals surface area (Å²) in [5.74, 6) is -0.994. The first-order valence-electron chi connectivity index (χ1n) is 15.5. The fourth-order valence-electron chi connectivity index (χ4n) is 8.58. The number of nitrogens with zero attached hydrogens (tertiary/aromatic N) is 2. The van der Waals surface area contributed by atoms with Crippen LogP contribution in [0.5, 0.6) is 0 Å². The van der Waals surface area contributed by atoms with Gasteiger partial charge in [-0.25, -0.2) is 9.18 Å². The molecular weight excluding hydrogens is 551 g/mol. The lowest BCUT2D eigenvalue weighted by atomic mass is 9.45. The van der Waals surface area contributed by atoms with E-state index < -0.39 is 5.41 Å². The van der Waals surface area contributed by atoms with Crippen LogP contribution in [0.25, 0.3) is 0 Å². The third-order valence-corrected chi connectivity index (χ3v) is 10.7. The molecule has 0 radical (unpaired) electrons. The minimum absolute atomic E-state index is 0.0880. The number of allylic oxidation sites excluding steroid dienone is 1. The molecule has 2 heterocycles. The van der Waals surface area contributed by atoms with Crippen LogP contribution in [0.15, 0.2) is 48.1 Å². The number of para-hydroxylation sites is 1. The molecule has 2 saturated carbocycles. The number of anilines is 1. The third-order valence-electron chi connectivity index (χ3n) is 10.7. The molecule has 0 spiro atoms. The van der Waals surface area contributed by atoms with Gasteiger partial charge >= 0.3 is 17.9 Å². The van der Waals surface area contributed by atoms with Crippen molar-refractivity contribution in [3.8, 4) is 0 Å². The van der Waals surface area contributed by atoms with Crippen LogP contribution in [-0.4, -0.2) is 74.3 Å². The summed E-state index contributed by atoms with van der Waals surface area (Å²) in [6.45, 7) is 14.9. The van der Waals surface area contributed by atoms with Crippen molar-refractivity contribution in [2.45, 2.75) is 71.9 Å². The summed E-state index contributed by atoms with van der Waals surface area (Å²) in [6, 6.07) is 6.68. The van der Waals surface area contributed by atoms with Gasteiger partial charge in [0, 0.05) is 51.5 Å². The summed E-state index contributed by atoms with van der Waals surface area (Å²) in [5.41, 5.74) is 1.69. The SMILES string of the molecule is C=C1CC[C@@H]2[C@](C)(COC(C)=O)[C@H](OC(C)=O)CC[C@]2(C)[C@H]1C[C@@H](C1=CCOC1=O)N1CCN(c2ccccc2F)CC1. The summed E-state index contributed by atoms with van der Waals surface area (Å²) < 4.78 is 31.4. The Morgan fingerprint density at radius 2 is 1.84 bits per heavy atom. The first-order chi connectivity index (χ1) is 20.4. The lowest BCUT2D eigenvalue weighted by Gasteiger charge is -2.61. The summed E-state index contributed by atoms with van der Waals surface area (Å²) in [6.07, 6.45) is 5.40. The Balaban J connectivity index is 1.42. The molecule has 234 valence electrons. The molecule has 2 aliphatic heterocycles. The summed E-state index contributed by atoms with van der Waals surface area (Å²) in [5, 5.41) is 0. The zero-order valence-corrected chi connectivity index (χ0v) is 25.9. The van der Waals surface area contributed by atoms with Crippen LogP contribution < -0.4 is 4.90 Å². The average Bonchev–Trinajstić information content (AvgIpc) is 3.39.